The highest BCUT2D eigenvalue weighted by molar-refractivity contribution is 6.25. The minimum atomic E-state index is -0.126. The van der Waals surface area contributed by atoms with Crippen molar-refractivity contribution in [2.75, 3.05) is 13.1 Å². The normalized spacial score (nSPS) is 11.3. The molecule has 0 bridgehead atoms. The Labute approximate surface area is 152 Å². The van der Waals surface area contributed by atoms with Gasteiger partial charge in [-0.3, -0.25) is 4.79 Å². The number of fused-ring (bicyclic) bond motifs is 5. The number of hydrogen-bond acceptors (Lipinski definition) is 2. The van der Waals surface area contributed by atoms with Gasteiger partial charge in [-0.1, -0.05) is 60.7 Å². The number of amides is 1. The highest BCUT2D eigenvalue weighted by atomic mass is 16.3. The molecule has 0 radical (unpaired) electrons. The lowest BCUT2D eigenvalue weighted by Crippen LogP contribution is -2.30. The predicted octanol–water partition coefficient (Wildman–Crippen LogP) is 5.33. The maximum Gasteiger partial charge on any atom is 0.258 e. The number of phenolic OH excluding ortho intramolecular Hbond substituents is 1. The number of phenols is 1. The van der Waals surface area contributed by atoms with Crippen molar-refractivity contribution in [2.24, 2.45) is 0 Å². The Kier molecular flexibility index (Phi) is 4.00. The van der Waals surface area contributed by atoms with Crippen molar-refractivity contribution in [1.82, 2.24) is 4.90 Å². The van der Waals surface area contributed by atoms with Crippen LogP contribution >= 0.6 is 0 Å². The van der Waals surface area contributed by atoms with Gasteiger partial charge >= 0.3 is 0 Å². The molecule has 0 aliphatic heterocycles. The van der Waals surface area contributed by atoms with Crippen molar-refractivity contribution in [3.63, 3.8) is 0 Å². The highest BCUT2D eigenvalue weighted by Gasteiger charge is 2.23. The van der Waals surface area contributed by atoms with Gasteiger partial charge in [0.2, 0.25) is 0 Å². The van der Waals surface area contributed by atoms with E-state index in [9.17, 15) is 9.90 Å². The number of carbonyl (C=O) groups excluding carboxylic acids is 1. The molecule has 0 saturated carbocycles. The number of benzene rings is 4. The van der Waals surface area contributed by atoms with Gasteiger partial charge in [0, 0.05) is 18.5 Å². The van der Waals surface area contributed by atoms with E-state index >= 15 is 0 Å². The molecule has 4 rings (SSSR count). The van der Waals surface area contributed by atoms with Crippen molar-refractivity contribution in [3.8, 4) is 5.75 Å². The quantitative estimate of drug-likeness (QED) is 0.511. The minimum Gasteiger partial charge on any atom is -0.506 e. The van der Waals surface area contributed by atoms with Gasteiger partial charge in [0.1, 0.15) is 5.75 Å². The summed E-state index contributed by atoms with van der Waals surface area (Å²) in [6, 6.07) is 19.9. The Balaban J connectivity index is 2.21. The molecule has 0 saturated heterocycles. The number of rotatable bonds is 3. The summed E-state index contributed by atoms with van der Waals surface area (Å²) in [5, 5.41) is 16.7. The lowest BCUT2D eigenvalue weighted by molar-refractivity contribution is 0.0772. The van der Waals surface area contributed by atoms with Crippen LogP contribution in [0.25, 0.3) is 32.3 Å². The van der Waals surface area contributed by atoms with Crippen molar-refractivity contribution < 1.29 is 9.90 Å². The summed E-state index contributed by atoms with van der Waals surface area (Å²) >= 11 is 0. The van der Waals surface area contributed by atoms with Crippen LogP contribution in [0.4, 0.5) is 0 Å². The third kappa shape index (κ3) is 2.31. The molecule has 4 aromatic carbocycles. The molecule has 0 atom stereocenters. The fraction of sp³-hybridized carbons (Fsp3) is 0.174. The van der Waals surface area contributed by atoms with Crippen LogP contribution in [0.2, 0.25) is 0 Å². The lowest BCUT2D eigenvalue weighted by atomic mass is 9.92. The molecule has 1 amide bonds. The van der Waals surface area contributed by atoms with Crippen molar-refractivity contribution in [3.05, 3.63) is 66.2 Å². The van der Waals surface area contributed by atoms with Crippen LogP contribution in [0.15, 0.2) is 60.7 Å². The monoisotopic (exact) mass is 343 g/mol. The molecule has 26 heavy (non-hydrogen) atoms. The zero-order valence-electron chi connectivity index (χ0n) is 15.0. The van der Waals surface area contributed by atoms with E-state index in [1.165, 1.54) is 0 Å². The summed E-state index contributed by atoms with van der Waals surface area (Å²) in [6.07, 6.45) is 0. The number of nitrogens with zero attached hydrogens (tertiary/aromatic N) is 1. The summed E-state index contributed by atoms with van der Waals surface area (Å²) in [6.45, 7) is 5.13. The first kappa shape index (κ1) is 16.4. The highest BCUT2D eigenvalue weighted by Crippen LogP contribution is 2.41. The van der Waals surface area contributed by atoms with E-state index in [2.05, 4.69) is 6.07 Å². The Bertz CT molecular complexity index is 1140. The van der Waals surface area contributed by atoms with Crippen LogP contribution in [-0.2, 0) is 0 Å². The van der Waals surface area contributed by atoms with Crippen LogP contribution in [-0.4, -0.2) is 29.0 Å². The number of carbonyl (C=O) groups is 1. The van der Waals surface area contributed by atoms with E-state index in [0.29, 0.717) is 18.7 Å². The Hall–Kier alpha value is -3.07. The fourth-order valence-electron chi connectivity index (χ4n) is 3.83. The predicted molar refractivity (Wildman–Crippen MR) is 108 cm³/mol. The van der Waals surface area contributed by atoms with Gasteiger partial charge in [-0.05, 0) is 40.8 Å². The SMILES string of the molecule is CCN(CC)C(=O)c1c(O)c2c3ccccc3ccc2c2ccccc12. The molecule has 0 unspecified atom stereocenters. The van der Waals surface area contributed by atoms with Crippen molar-refractivity contribution in [1.29, 1.82) is 0 Å². The van der Waals surface area contributed by atoms with Gasteiger partial charge in [-0.25, -0.2) is 0 Å². The van der Waals surface area contributed by atoms with Crippen LogP contribution in [0.1, 0.15) is 24.2 Å². The van der Waals surface area contributed by atoms with Gasteiger partial charge in [-0.2, -0.15) is 0 Å². The largest absolute Gasteiger partial charge is 0.506 e. The zero-order chi connectivity index (χ0) is 18.3. The second kappa shape index (κ2) is 6.34. The van der Waals surface area contributed by atoms with E-state index < -0.39 is 0 Å². The molecule has 0 spiro atoms. The van der Waals surface area contributed by atoms with Gasteiger partial charge in [0.15, 0.2) is 0 Å². The maximum atomic E-state index is 13.2. The Morgan fingerprint density at radius 1 is 0.808 bits per heavy atom. The smallest absolute Gasteiger partial charge is 0.258 e. The lowest BCUT2D eigenvalue weighted by Gasteiger charge is -2.22. The van der Waals surface area contributed by atoms with Crippen LogP contribution in [0.5, 0.6) is 5.75 Å². The summed E-state index contributed by atoms with van der Waals surface area (Å²) in [5.74, 6) is -0.0501. The molecule has 130 valence electrons. The van der Waals surface area contributed by atoms with Crippen LogP contribution in [0, 0.1) is 0 Å². The van der Waals surface area contributed by atoms with E-state index in [1.54, 1.807) is 4.90 Å². The molecule has 0 aliphatic carbocycles. The molecular weight excluding hydrogens is 322 g/mol. The standard InChI is InChI=1S/C23H21NO2/c1-3-24(4-2)23(26)21-18-12-8-7-11-17(18)19-14-13-15-9-5-6-10-16(15)20(19)22(21)25/h5-14,25H,3-4H2,1-2H3. The van der Waals surface area contributed by atoms with E-state index in [-0.39, 0.29) is 11.7 Å². The molecule has 3 heteroatoms. The molecule has 0 heterocycles. The van der Waals surface area contributed by atoms with E-state index in [0.717, 1.165) is 32.3 Å². The minimum absolute atomic E-state index is 0.0763. The molecule has 0 aliphatic rings. The second-order valence-corrected chi connectivity index (χ2v) is 6.46. The molecular formula is C23H21NO2. The molecule has 0 aromatic heterocycles. The van der Waals surface area contributed by atoms with Crippen molar-refractivity contribution in [2.45, 2.75) is 13.8 Å². The van der Waals surface area contributed by atoms with Gasteiger partial charge in [0.25, 0.3) is 5.91 Å². The van der Waals surface area contributed by atoms with Crippen LogP contribution in [0.3, 0.4) is 0 Å². The molecule has 0 fully saturated rings. The molecule has 4 aromatic rings. The molecule has 1 N–H and O–H groups in total. The van der Waals surface area contributed by atoms with E-state index in [1.807, 2.05) is 68.4 Å². The topological polar surface area (TPSA) is 40.5 Å². The second-order valence-electron chi connectivity index (χ2n) is 6.46. The molecule has 3 nitrogen and oxygen atoms in total. The average Bonchev–Trinajstić information content (AvgIpc) is 2.68. The number of aromatic hydroxyl groups is 1. The van der Waals surface area contributed by atoms with Gasteiger partial charge < -0.3 is 10.0 Å². The first-order valence-electron chi connectivity index (χ1n) is 9.01. The summed E-state index contributed by atoms with van der Waals surface area (Å²) < 4.78 is 0. The first-order chi connectivity index (χ1) is 12.7. The number of hydrogen-bond donors (Lipinski definition) is 1. The van der Waals surface area contributed by atoms with Gasteiger partial charge in [-0.15, -0.1) is 0 Å². The maximum absolute atomic E-state index is 13.2. The summed E-state index contributed by atoms with van der Waals surface area (Å²) in [7, 11) is 0. The Morgan fingerprint density at radius 3 is 2.12 bits per heavy atom. The first-order valence-corrected chi connectivity index (χ1v) is 9.01. The van der Waals surface area contributed by atoms with Crippen LogP contribution < -0.4 is 0 Å². The summed E-state index contributed by atoms with van der Waals surface area (Å²) in [4.78, 5) is 14.9. The van der Waals surface area contributed by atoms with E-state index in [4.69, 9.17) is 0 Å². The third-order valence-corrected chi connectivity index (χ3v) is 5.15. The fourth-order valence-corrected chi connectivity index (χ4v) is 3.83. The summed E-state index contributed by atoms with van der Waals surface area (Å²) in [5.41, 5.74) is 0.396. The van der Waals surface area contributed by atoms with Crippen molar-refractivity contribution >= 4 is 38.2 Å². The third-order valence-electron chi connectivity index (χ3n) is 5.15. The average molecular weight is 343 g/mol. The van der Waals surface area contributed by atoms with Gasteiger partial charge in [0.05, 0.1) is 5.56 Å². The Morgan fingerprint density at radius 2 is 1.42 bits per heavy atom. The zero-order valence-corrected chi connectivity index (χ0v) is 15.0.